The first-order chi connectivity index (χ1) is 10.6. The molecule has 4 nitrogen and oxygen atoms in total. The molecule has 0 unspecified atom stereocenters. The second-order valence-electron chi connectivity index (χ2n) is 6.48. The lowest BCUT2D eigenvalue weighted by molar-refractivity contribution is -0.154. The van der Waals surface area contributed by atoms with Crippen molar-refractivity contribution < 1.29 is 19.1 Å². The van der Waals surface area contributed by atoms with E-state index in [-0.39, 0.29) is 17.9 Å². The summed E-state index contributed by atoms with van der Waals surface area (Å²) in [5, 5.41) is 0. The van der Waals surface area contributed by atoms with Crippen LogP contribution < -0.4 is 4.74 Å². The van der Waals surface area contributed by atoms with Crippen LogP contribution in [-0.2, 0) is 20.7 Å². The maximum atomic E-state index is 12.3. The maximum Gasteiger partial charge on any atom is 0.324 e. The number of ether oxygens (including phenoxy) is 2. The monoisotopic (exact) mass is 298 g/mol. The Balaban J connectivity index is 1.88. The third-order valence-corrected chi connectivity index (χ3v) is 5.55. The minimum Gasteiger partial charge on any atom is -0.497 e. The summed E-state index contributed by atoms with van der Waals surface area (Å²) < 4.78 is 10.3. The molecule has 1 aliphatic heterocycles. The Morgan fingerprint density at radius 3 is 2.82 bits per heavy atom. The number of hydrogen-bond acceptors (Lipinski definition) is 4. The molecule has 0 spiro atoms. The van der Waals surface area contributed by atoms with Crippen LogP contribution in [0, 0.1) is 11.3 Å². The topological polar surface area (TPSA) is 52.6 Å². The normalized spacial score (nSPS) is 29.6. The fourth-order valence-electron chi connectivity index (χ4n) is 4.31. The highest BCUT2D eigenvalue weighted by molar-refractivity contribution is 6.03. The van der Waals surface area contributed by atoms with Gasteiger partial charge in [-0.25, -0.2) is 0 Å². The van der Waals surface area contributed by atoms with Gasteiger partial charge in [0.1, 0.15) is 11.2 Å². The molecule has 1 saturated heterocycles. The average Bonchev–Trinajstić information content (AvgIpc) is 2.76. The van der Waals surface area contributed by atoms with E-state index in [1.165, 1.54) is 16.7 Å². The van der Waals surface area contributed by atoms with E-state index in [2.05, 4.69) is 12.1 Å². The van der Waals surface area contributed by atoms with Crippen molar-refractivity contribution in [2.75, 3.05) is 7.11 Å². The Morgan fingerprint density at radius 2 is 2.05 bits per heavy atom. The van der Waals surface area contributed by atoms with Gasteiger partial charge in [0.15, 0.2) is 0 Å². The second kappa shape index (κ2) is 4.45. The van der Waals surface area contributed by atoms with Gasteiger partial charge in [0.2, 0.25) is 0 Å². The summed E-state index contributed by atoms with van der Waals surface area (Å²) in [6, 6.07) is 6.11. The highest BCUT2D eigenvalue weighted by Gasteiger charge is 2.58. The summed E-state index contributed by atoms with van der Waals surface area (Å²) in [7, 11) is 1.67. The number of allylic oxidation sites excluding steroid dienone is 1. The van der Waals surface area contributed by atoms with Gasteiger partial charge in [-0.05, 0) is 67.0 Å². The third-order valence-electron chi connectivity index (χ3n) is 5.55. The van der Waals surface area contributed by atoms with Crippen molar-refractivity contribution in [1.82, 2.24) is 0 Å². The SMILES string of the molecule is COc1ccc2c(c1)CCC1=C2CC[C@@H]2C(=O)OC(=O)[C@@]12C. The molecule has 0 radical (unpaired) electrons. The molecule has 114 valence electrons. The number of carbonyl (C=O) groups excluding carboxylic acids is 2. The molecule has 0 amide bonds. The van der Waals surface area contributed by atoms with Crippen LogP contribution in [0.2, 0.25) is 0 Å². The van der Waals surface area contributed by atoms with Gasteiger partial charge in [-0.15, -0.1) is 0 Å². The molecule has 0 N–H and O–H groups in total. The van der Waals surface area contributed by atoms with Crippen LogP contribution in [0.25, 0.3) is 5.57 Å². The van der Waals surface area contributed by atoms with E-state index in [4.69, 9.17) is 9.47 Å². The quantitative estimate of drug-likeness (QED) is 0.591. The summed E-state index contributed by atoms with van der Waals surface area (Å²) in [5.74, 6) is -0.164. The first-order valence-corrected chi connectivity index (χ1v) is 7.71. The number of fused-ring (bicyclic) bond motifs is 4. The molecular formula is C18H18O4. The molecule has 3 aliphatic rings. The summed E-state index contributed by atoms with van der Waals surface area (Å²) in [4.78, 5) is 24.3. The smallest absolute Gasteiger partial charge is 0.324 e. The fraction of sp³-hybridized carbons (Fsp3) is 0.444. The lowest BCUT2D eigenvalue weighted by Crippen LogP contribution is -2.37. The van der Waals surface area contributed by atoms with E-state index < -0.39 is 5.41 Å². The van der Waals surface area contributed by atoms with Crippen LogP contribution >= 0.6 is 0 Å². The van der Waals surface area contributed by atoms with Crippen molar-refractivity contribution in [3.63, 3.8) is 0 Å². The zero-order chi connectivity index (χ0) is 15.5. The number of rotatable bonds is 1. The summed E-state index contributed by atoms with van der Waals surface area (Å²) in [6.07, 6.45) is 3.20. The summed E-state index contributed by atoms with van der Waals surface area (Å²) in [6.45, 7) is 1.88. The molecule has 2 aliphatic carbocycles. The van der Waals surface area contributed by atoms with E-state index in [0.717, 1.165) is 30.6 Å². The third kappa shape index (κ3) is 1.58. The molecule has 1 heterocycles. The number of esters is 2. The van der Waals surface area contributed by atoms with Gasteiger partial charge in [-0.1, -0.05) is 6.07 Å². The minimum absolute atomic E-state index is 0.307. The Morgan fingerprint density at radius 1 is 1.23 bits per heavy atom. The Bertz CT molecular complexity index is 731. The van der Waals surface area contributed by atoms with Crippen LogP contribution in [0.4, 0.5) is 0 Å². The maximum absolute atomic E-state index is 12.3. The van der Waals surface area contributed by atoms with Gasteiger partial charge >= 0.3 is 11.9 Å². The molecule has 0 bridgehead atoms. The predicted octanol–water partition coefficient (Wildman–Crippen LogP) is 2.89. The lowest BCUT2D eigenvalue weighted by Gasteiger charge is -2.38. The number of cyclic esters (lactones) is 2. The first-order valence-electron chi connectivity index (χ1n) is 7.71. The molecular weight excluding hydrogens is 280 g/mol. The number of methoxy groups -OCH3 is 1. The van der Waals surface area contributed by atoms with E-state index in [9.17, 15) is 9.59 Å². The highest BCUT2D eigenvalue weighted by Crippen LogP contribution is 2.55. The number of carbonyl (C=O) groups is 2. The average molecular weight is 298 g/mol. The van der Waals surface area contributed by atoms with Gasteiger partial charge in [0.05, 0.1) is 13.0 Å². The number of hydrogen-bond donors (Lipinski definition) is 0. The van der Waals surface area contributed by atoms with Gasteiger partial charge in [0, 0.05) is 0 Å². The molecule has 22 heavy (non-hydrogen) atoms. The summed E-state index contributed by atoms with van der Waals surface area (Å²) in [5.41, 5.74) is 4.04. The highest BCUT2D eigenvalue weighted by atomic mass is 16.6. The van der Waals surface area contributed by atoms with Crippen molar-refractivity contribution in [3.8, 4) is 5.75 Å². The van der Waals surface area contributed by atoms with Gasteiger partial charge in [-0.2, -0.15) is 0 Å². The zero-order valence-electron chi connectivity index (χ0n) is 12.8. The number of aryl methyl sites for hydroxylation is 1. The van der Waals surface area contributed by atoms with Crippen molar-refractivity contribution in [3.05, 3.63) is 34.9 Å². The largest absolute Gasteiger partial charge is 0.497 e. The number of benzene rings is 1. The Kier molecular flexibility index (Phi) is 2.74. The predicted molar refractivity (Wildman–Crippen MR) is 80.2 cm³/mol. The van der Waals surface area contributed by atoms with Crippen molar-refractivity contribution in [1.29, 1.82) is 0 Å². The van der Waals surface area contributed by atoms with Gasteiger partial charge in [0.25, 0.3) is 0 Å². The lowest BCUT2D eigenvalue weighted by atomic mass is 9.61. The van der Waals surface area contributed by atoms with Crippen molar-refractivity contribution >= 4 is 17.5 Å². The minimum atomic E-state index is -0.762. The first kappa shape index (κ1) is 13.6. The molecule has 4 heteroatoms. The van der Waals surface area contributed by atoms with E-state index in [0.29, 0.717) is 6.42 Å². The second-order valence-corrected chi connectivity index (χ2v) is 6.48. The molecule has 0 aromatic heterocycles. The van der Waals surface area contributed by atoms with Gasteiger partial charge in [-0.3, -0.25) is 9.59 Å². The molecule has 1 aromatic carbocycles. The van der Waals surface area contributed by atoms with Gasteiger partial charge < -0.3 is 9.47 Å². The Labute approximate surface area is 129 Å². The van der Waals surface area contributed by atoms with Crippen molar-refractivity contribution in [2.45, 2.75) is 32.6 Å². The van der Waals surface area contributed by atoms with Crippen LogP contribution in [0.5, 0.6) is 5.75 Å². The molecule has 2 atom stereocenters. The van der Waals surface area contributed by atoms with E-state index in [1.807, 2.05) is 13.0 Å². The molecule has 1 fully saturated rings. The fourth-order valence-corrected chi connectivity index (χ4v) is 4.31. The van der Waals surface area contributed by atoms with E-state index in [1.54, 1.807) is 7.11 Å². The standard InChI is InChI=1S/C18H18O4/c1-18-14-7-3-10-9-11(21-2)4-5-12(10)13(14)6-8-15(18)16(19)22-17(18)20/h4-5,9,15H,3,6-8H2,1-2H3/t15-,18+/m1/s1. The molecule has 0 saturated carbocycles. The van der Waals surface area contributed by atoms with E-state index >= 15 is 0 Å². The molecule has 1 aromatic rings. The zero-order valence-corrected chi connectivity index (χ0v) is 12.8. The van der Waals surface area contributed by atoms with Crippen LogP contribution in [0.1, 0.15) is 37.3 Å². The summed E-state index contributed by atoms with van der Waals surface area (Å²) >= 11 is 0. The van der Waals surface area contributed by atoms with Crippen molar-refractivity contribution in [2.24, 2.45) is 11.3 Å². The van der Waals surface area contributed by atoms with Crippen LogP contribution in [0.15, 0.2) is 23.8 Å². The Hall–Kier alpha value is -2.10. The molecule has 4 rings (SSSR count). The van der Waals surface area contributed by atoms with Crippen LogP contribution in [0.3, 0.4) is 0 Å². The van der Waals surface area contributed by atoms with Crippen LogP contribution in [-0.4, -0.2) is 19.0 Å².